The molecule has 0 radical (unpaired) electrons. The minimum Gasteiger partial charge on any atom is -0.394 e. The molecule has 0 spiro atoms. The number of aliphatic hydroxyl groups excluding tert-OH is 2. The molecule has 3 aromatic rings. The fourth-order valence-corrected chi connectivity index (χ4v) is 3.24. The summed E-state index contributed by atoms with van der Waals surface area (Å²) in [6.07, 6.45) is -0.547. The molecule has 0 aliphatic carbocycles. The topological polar surface area (TPSA) is 136 Å². The predicted octanol–water partition coefficient (Wildman–Crippen LogP) is 0.652. The van der Waals surface area contributed by atoms with Crippen LogP contribution in [0.3, 0.4) is 0 Å². The Balaban J connectivity index is 1.77. The second kappa shape index (κ2) is 7.60. The molecule has 4 rings (SSSR count). The van der Waals surface area contributed by atoms with E-state index in [0.29, 0.717) is 28.1 Å². The number of hydrogen-bond acceptors (Lipinski definition) is 8. The van der Waals surface area contributed by atoms with Crippen LogP contribution < -0.4 is 5.73 Å². The Labute approximate surface area is 166 Å². The predicted molar refractivity (Wildman–Crippen MR) is 104 cm³/mol. The first kappa shape index (κ1) is 19.0. The molecule has 148 valence electrons. The third-order valence-electron chi connectivity index (χ3n) is 4.79. The number of anilines is 1. The number of carbonyl (C=O) groups excluding carboxylic acids is 1. The van der Waals surface area contributed by atoms with E-state index in [1.54, 1.807) is 28.8 Å². The van der Waals surface area contributed by atoms with Gasteiger partial charge in [-0.1, -0.05) is 18.1 Å². The lowest BCUT2D eigenvalue weighted by Gasteiger charge is -2.14. The number of aliphatic hydroxyl groups is 2. The van der Waals surface area contributed by atoms with Crippen LogP contribution >= 0.6 is 0 Å². The van der Waals surface area contributed by atoms with Crippen LogP contribution in [0.15, 0.2) is 30.6 Å². The largest absolute Gasteiger partial charge is 0.394 e. The Morgan fingerprint density at radius 2 is 2.07 bits per heavy atom. The molecule has 9 heteroatoms. The first-order valence-corrected chi connectivity index (χ1v) is 9.03. The van der Waals surface area contributed by atoms with Crippen molar-refractivity contribution in [2.75, 3.05) is 12.3 Å². The van der Waals surface area contributed by atoms with Gasteiger partial charge in [0.2, 0.25) is 0 Å². The third-order valence-corrected chi connectivity index (χ3v) is 4.79. The maximum Gasteiger partial charge on any atom is 0.190 e. The van der Waals surface area contributed by atoms with Gasteiger partial charge in [-0.05, 0) is 25.0 Å². The van der Waals surface area contributed by atoms with Crippen molar-refractivity contribution in [1.29, 1.82) is 0 Å². The van der Waals surface area contributed by atoms with Gasteiger partial charge in [0.05, 0.1) is 12.7 Å². The van der Waals surface area contributed by atoms with Crippen LogP contribution in [-0.2, 0) is 4.74 Å². The number of rotatable bonds is 3. The first-order valence-electron chi connectivity index (χ1n) is 9.03. The number of ether oxygens (including phenoxy) is 1. The van der Waals surface area contributed by atoms with Gasteiger partial charge in [-0.2, -0.15) is 0 Å². The minimum atomic E-state index is -0.818. The van der Waals surface area contributed by atoms with Gasteiger partial charge in [0.25, 0.3) is 0 Å². The maximum atomic E-state index is 11.4. The fourth-order valence-electron chi connectivity index (χ4n) is 3.24. The third kappa shape index (κ3) is 3.56. The van der Waals surface area contributed by atoms with E-state index in [1.165, 1.54) is 13.3 Å². The lowest BCUT2D eigenvalue weighted by atomic mass is 10.1. The Morgan fingerprint density at radius 3 is 2.72 bits per heavy atom. The van der Waals surface area contributed by atoms with E-state index in [4.69, 9.17) is 10.5 Å². The van der Waals surface area contributed by atoms with E-state index in [2.05, 4.69) is 26.8 Å². The molecular weight excluding hydrogens is 374 g/mol. The van der Waals surface area contributed by atoms with Gasteiger partial charge in [0.1, 0.15) is 18.7 Å². The molecule has 0 bridgehead atoms. The summed E-state index contributed by atoms with van der Waals surface area (Å²) in [6.45, 7) is 1.20. The molecule has 1 unspecified atom stereocenters. The van der Waals surface area contributed by atoms with Gasteiger partial charge in [-0.3, -0.25) is 9.36 Å². The number of nitrogens with zero attached hydrogens (tertiary/aromatic N) is 4. The molecule has 3 heterocycles. The second-order valence-electron chi connectivity index (χ2n) is 6.73. The van der Waals surface area contributed by atoms with Gasteiger partial charge < -0.3 is 20.7 Å². The normalized spacial score (nSPS) is 21.1. The van der Waals surface area contributed by atoms with Gasteiger partial charge in [-0.15, -0.1) is 0 Å². The summed E-state index contributed by atoms with van der Waals surface area (Å²) in [5.41, 5.74) is 8.06. The molecule has 1 aliphatic heterocycles. The highest BCUT2D eigenvalue weighted by Crippen LogP contribution is 2.32. The van der Waals surface area contributed by atoms with Crippen LogP contribution in [0.2, 0.25) is 0 Å². The van der Waals surface area contributed by atoms with Crippen LogP contribution in [0.1, 0.15) is 41.3 Å². The quantitative estimate of drug-likeness (QED) is 0.436. The number of ketones is 1. The van der Waals surface area contributed by atoms with Crippen molar-refractivity contribution in [2.24, 2.45) is 0 Å². The SMILES string of the molecule is CC(=O)c1ccc(C#Cc2nc3c(N)ncnc3n2[C@H]2CC(O)[C@@H](CO)O2)cc1. The molecule has 4 N–H and O–H groups in total. The van der Waals surface area contributed by atoms with E-state index in [1.807, 2.05) is 0 Å². The number of nitrogen functional groups attached to an aromatic ring is 1. The van der Waals surface area contributed by atoms with Crippen LogP contribution in [-0.4, -0.2) is 54.3 Å². The highest BCUT2D eigenvalue weighted by Gasteiger charge is 2.36. The van der Waals surface area contributed by atoms with Crippen molar-refractivity contribution in [3.63, 3.8) is 0 Å². The van der Waals surface area contributed by atoms with Crippen LogP contribution in [0.25, 0.3) is 11.2 Å². The monoisotopic (exact) mass is 393 g/mol. The zero-order valence-corrected chi connectivity index (χ0v) is 15.6. The summed E-state index contributed by atoms with van der Waals surface area (Å²) in [6, 6.07) is 6.92. The second-order valence-corrected chi connectivity index (χ2v) is 6.73. The zero-order chi connectivity index (χ0) is 20.5. The summed E-state index contributed by atoms with van der Waals surface area (Å²) in [5.74, 6) is 6.53. The first-order chi connectivity index (χ1) is 14.0. The zero-order valence-electron chi connectivity index (χ0n) is 15.6. The molecule has 1 fully saturated rings. The molecule has 9 nitrogen and oxygen atoms in total. The van der Waals surface area contributed by atoms with Gasteiger partial charge in [0, 0.05) is 17.5 Å². The Bertz CT molecular complexity index is 1130. The number of Topliss-reactive ketones (excluding diaryl/α,β-unsaturated/α-hetero) is 1. The van der Waals surface area contributed by atoms with Gasteiger partial charge in [-0.25, -0.2) is 15.0 Å². The summed E-state index contributed by atoms with van der Waals surface area (Å²) in [4.78, 5) is 24.1. The number of nitrogens with two attached hydrogens (primary N) is 1. The Hall–Kier alpha value is -3.32. The molecule has 3 atom stereocenters. The fraction of sp³-hybridized carbons (Fsp3) is 0.300. The number of aromatic nitrogens is 4. The van der Waals surface area contributed by atoms with Crippen molar-refractivity contribution in [1.82, 2.24) is 19.5 Å². The van der Waals surface area contributed by atoms with E-state index in [0.717, 1.165) is 0 Å². The average molecular weight is 393 g/mol. The van der Waals surface area contributed by atoms with Crippen molar-refractivity contribution in [3.05, 3.63) is 47.5 Å². The highest BCUT2D eigenvalue weighted by atomic mass is 16.5. The molecule has 2 aromatic heterocycles. The standard InChI is InChI=1S/C20H19N5O4/c1-11(27)13-5-2-12(3-6-13)4-7-16-24-18-19(21)22-10-23-20(18)25(16)17-8-14(28)15(9-26)29-17/h2-3,5-6,10,14-15,17,26,28H,8-9H2,1H3,(H2,21,22,23)/t14?,15-,17-/m1/s1. The van der Waals surface area contributed by atoms with Crippen LogP contribution in [0, 0.1) is 11.8 Å². The van der Waals surface area contributed by atoms with Gasteiger partial charge in [0.15, 0.2) is 28.6 Å². The summed E-state index contributed by atoms with van der Waals surface area (Å²) in [7, 11) is 0. The number of imidazole rings is 1. The number of benzene rings is 1. The van der Waals surface area contributed by atoms with E-state index >= 15 is 0 Å². The van der Waals surface area contributed by atoms with Gasteiger partial charge >= 0.3 is 0 Å². The Kier molecular flexibility index (Phi) is 4.98. The smallest absolute Gasteiger partial charge is 0.190 e. The van der Waals surface area contributed by atoms with Crippen molar-refractivity contribution < 1.29 is 19.7 Å². The number of fused-ring (bicyclic) bond motifs is 1. The molecule has 1 saturated heterocycles. The van der Waals surface area contributed by atoms with E-state index in [-0.39, 0.29) is 24.6 Å². The summed E-state index contributed by atoms with van der Waals surface area (Å²) in [5, 5.41) is 19.5. The lowest BCUT2D eigenvalue weighted by Crippen LogP contribution is -2.24. The van der Waals surface area contributed by atoms with Crippen molar-refractivity contribution in [3.8, 4) is 11.8 Å². The lowest BCUT2D eigenvalue weighted by molar-refractivity contribution is -0.0434. The molecule has 0 saturated carbocycles. The minimum absolute atomic E-state index is 0.0178. The molecular formula is C20H19N5O4. The van der Waals surface area contributed by atoms with Crippen LogP contribution in [0.5, 0.6) is 0 Å². The molecule has 0 amide bonds. The van der Waals surface area contributed by atoms with E-state index in [9.17, 15) is 15.0 Å². The summed E-state index contributed by atoms with van der Waals surface area (Å²) < 4.78 is 7.42. The number of carbonyl (C=O) groups is 1. The van der Waals surface area contributed by atoms with E-state index < -0.39 is 18.4 Å². The number of hydrogen-bond donors (Lipinski definition) is 3. The summed E-state index contributed by atoms with van der Waals surface area (Å²) >= 11 is 0. The maximum absolute atomic E-state index is 11.4. The molecule has 1 aliphatic rings. The molecule has 1 aromatic carbocycles. The van der Waals surface area contributed by atoms with Crippen LogP contribution in [0.4, 0.5) is 5.82 Å². The highest BCUT2D eigenvalue weighted by molar-refractivity contribution is 5.94. The van der Waals surface area contributed by atoms with Crippen molar-refractivity contribution in [2.45, 2.75) is 31.8 Å². The van der Waals surface area contributed by atoms with Crippen molar-refractivity contribution >= 4 is 22.8 Å². The molecule has 29 heavy (non-hydrogen) atoms. The average Bonchev–Trinajstić information content (AvgIpc) is 3.27. The Morgan fingerprint density at radius 1 is 1.31 bits per heavy atom.